The van der Waals surface area contributed by atoms with Gasteiger partial charge in [0, 0.05) is 6.54 Å². The van der Waals surface area contributed by atoms with E-state index in [0.717, 1.165) is 5.69 Å². The Morgan fingerprint density at radius 3 is 2.50 bits per heavy atom. The molecule has 1 aromatic heterocycles. The lowest BCUT2D eigenvalue weighted by Crippen LogP contribution is -1.99. The van der Waals surface area contributed by atoms with Crippen molar-refractivity contribution in [1.29, 1.82) is 0 Å². The van der Waals surface area contributed by atoms with Crippen molar-refractivity contribution in [2.45, 2.75) is 13.5 Å². The topological polar surface area (TPSA) is 24.9 Å². The molecule has 3 heteroatoms. The van der Waals surface area contributed by atoms with Crippen molar-refractivity contribution in [2.24, 2.45) is 0 Å². The van der Waals surface area contributed by atoms with Gasteiger partial charge in [-0.05, 0) is 24.6 Å². The smallest absolute Gasteiger partial charge is 0.212 e. The van der Waals surface area contributed by atoms with Crippen LogP contribution >= 0.6 is 0 Å². The predicted octanol–water partition coefficient (Wildman–Crippen LogP) is 3.14. The number of benzene rings is 1. The quantitative estimate of drug-likeness (QED) is 0.797. The first kappa shape index (κ1) is 10.6. The van der Waals surface area contributed by atoms with Crippen LogP contribution in [0.1, 0.15) is 11.1 Å². The molecule has 0 aliphatic carbocycles. The number of hydrogen-bond donors (Lipinski definition) is 1. The molecule has 2 aromatic rings. The van der Waals surface area contributed by atoms with Gasteiger partial charge in [0.1, 0.15) is 0 Å². The summed E-state index contributed by atoms with van der Waals surface area (Å²) in [5.41, 5.74) is 3.25. The summed E-state index contributed by atoms with van der Waals surface area (Å²) >= 11 is 0. The van der Waals surface area contributed by atoms with Gasteiger partial charge in [-0.1, -0.05) is 29.8 Å². The maximum Gasteiger partial charge on any atom is 0.212 e. The first-order valence-corrected chi connectivity index (χ1v) is 5.15. The lowest BCUT2D eigenvalue weighted by molar-refractivity contribution is 0.584. The lowest BCUT2D eigenvalue weighted by atomic mass is 10.1. The predicted molar refractivity (Wildman–Crippen MR) is 62.7 cm³/mol. The Morgan fingerprint density at radius 1 is 1.12 bits per heavy atom. The van der Waals surface area contributed by atoms with Gasteiger partial charge in [0.05, 0.1) is 11.9 Å². The highest BCUT2D eigenvalue weighted by Gasteiger charge is 1.95. The third-order valence-electron chi connectivity index (χ3n) is 2.34. The van der Waals surface area contributed by atoms with E-state index >= 15 is 0 Å². The molecule has 0 saturated heterocycles. The summed E-state index contributed by atoms with van der Waals surface area (Å²) in [6.07, 6.45) is 1.49. The number of aromatic nitrogens is 1. The van der Waals surface area contributed by atoms with Crippen molar-refractivity contribution in [3.8, 4) is 0 Å². The molecule has 82 valence electrons. The standard InChI is InChI=1S/C13H13FN2/c1-10-2-4-11(5-3-10)8-15-12-6-7-13(14)16-9-12/h2-7,9,15H,8H2,1H3. The summed E-state index contributed by atoms with van der Waals surface area (Å²) < 4.78 is 12.6. The molecule has 0 amide bonds. The number of nitrogens with zero attached hydrogens (tertiary/aromatic N) is 1. The normalized spacial score (nSPS) is 10.1. The third-order valence-corrected chi connectivity index (χ3v) is 2.34. The second-order valence-electron chi connectivity index (χ2n) is 3.71. The van der Waals surface area contributed by atoms with Gasteiger partial charge < -0.3 is 5.32 Å². The van der Waals surface area contributed by atoms with E-state index in [2.05, 4.69) is 41.5 Å². The summed E-state index contributed by atoms with van der Waals surface area (Å²) in [4.78, 5) is 3.58. The van der Waals surface area contributed by atoms with Crippen LogP contribution in [0.2, 0.25) is 0 Å². The van der Waals surface area contributed by atoms with Gasteiger partial charge in [0.2, 0.25) is 5.95 Å². The van der Waals surface area contributed by atoms with E-state index in [1.807, 2.05) is 0 Å². The van der Waals surface area contributed by atoms with Gasteiger partial charge in [-0.2, -0.15) is 4.39 Å². The molecule has 1 aromatic carbocycles. The molecule has 16 heavy (non-hydrogen) atoms. The first-order chi connectivity index (χ1) is 7.74. The molecule has 0 saturated carbocycles. The second kappa shape index (κ2) is 4.75. The Hall–Kier alpha value is -1.90. The van der Waals surface area contributed by atoms with Crippen molar-refractivity contribution in [1.82, 2.24) is 4.98 Å². The number of halogens is 1. The lowest BCUT2D eigenvalue weighted by Gasteiger charge is -2.06. The van der Waals surface area contributed by atoms with Crippen molar-refractivity contribution in [3.63, 3.8) is 0 Å². The van der Waals surface area contributed by atoms with Crippen molar-refractivity contribution < 1.29 is 4.39 Å². The van der Waals surface area contributed by atoms with Crippen LogP contribution in [0.15, 0.2) is 42.6 Å². The van der Waals surface area contributed by atoms with Crippen molar-refractivity contribution in [3.05, 3.63) is 59.7 Å². The maximum absolute atomic E-state index is 12.6. The fourth-order valence-electron chi connectivity index (χ4n) is 1.39. The van der Waals surface area contributed by atoms with Crippen LogP contribution in [0.3, 0.4) is 0 Å². The fraction of sp³-hybridized carbons (Fsp3) is 0.154. The molecular weight excluding hydrogens is 203 g/mol. The largest absolute Gasteiger partial charge is 0.380 e. The molecule has 0 radical (unpaired) electrons. The Bertz CT molecular complexity index is 403. The van der Waals surface area contributed by atoms with Crippen LogP contribution < -0.4 is 5.32 Å². The molecule has 0 atom stereocenters. The van der Waals surface area contributed by atoms with Gasteiger partial charge >= 0.3 is 0 Å². The van der Waals surface area contributed by atoms with E-state index in [-0.39, 0.29) is 0 Å². The number of hydrogen-bond acceptors (Lipinski definition) is 2. The number of nitrogens with one attached hydrogen (secondary N) is 1. The van der Waals surface area contributed by atoms with Gasteiger partial charge in [-0.25, -0.2) is 4.98 Å². The molecule has 1 heterocycles. The maximum atomic E-state index is 12.6. The molecule has 0 fully saturated rings. The Morgan fingerprint density at radius 2 is 1.88 bits per heavy atom. The van der Waals surface area contributed by atoms with Crippen molar-refractivity contribution in [2.75, 3.05) is 5.32 Å². The molecule has 1 N–H and O–H groups in total. The summed E-state index contributed by atoms with van der Waals surface area (Å²) in [7, 11) is 0. The molecule has 0 aliphatic rings. The Balaban J connectivity index is 1.97. The number of rotatable bonds is 3. The van der Waals surface area contributed by atoms with Crippen LogP contribution in [0, 0.1) is 12.9 Å². The molecule has 0 aliphatic heterocycles. The summed E-state index contributed by atoms with van der Waals surface area (Å²) in [6, 6.07) is 11.3. The average molecular weight is 216 g/mol. The zero-order valence-electron chi connectivity index (χ0n) is 9.07. The number of aryl methyl sites for hydroxylation is 1. The minimum atomic E-state index is -0.458. The van der Waals surface area contributed by atoms with E-state index in [4.69, 9.17) is 0 Å². The van der Waals surface area contributed by atoms with Crippen LogP contribution in [-0.2, 0) is 6.54 Å². The average Bonchev–Trinajstić information content (AvgIpc) is 2.30. The molecule has 0 spiro atoms. The summed E-state index contributed by atoms with van der Waals surface area (Å²) in [5.74, 6) is -0.458. The van der Waals surface area contributed by atoms with E-state index in [1.54, 1.807) is 6.07 Å². The van der Waals surface area contributed by atoms with Crippen LogP contribution in [0.5, 0.6) is 0 Å². The second-order valence-corrected chi connectivity index (χ2v) is 3.71. The SMILES string of the molecule is Cc1ccc(CNc2ccc(F)nc2)cc1. The van der Waals surface area contributed by atoms with E-state index in [1.165, 1.54) is 23.4 Å². The zero-order valence-corrected chi connectivity index (χ0v) is 9.07. The Labute approximate surface area is 94.2 Å². The minimum absolute atomic E-state index is 0.458. The Kier molecular flexibility index (Phi) is 3.15. The van der Waals surface area contributed by atoms with Crippen molar-refractivity contribution >= 4 is 5.69 Å². The van der Waals surface area contributed by atoms with E-state index in [9.17, 15) is 4.39 Å². The molecule has 2 rings (SSSR count). The number of pyridine rings is 1. The fourth-order valence-corrected chi connectivity index (χ4v) is 1.39. The molecule has 2 nitrogen and oxygen atoms in total. The summed E-state index contributed by atoms with van der Waals surface area (Å²) in [5, 5.41) is 3.18. The van der Waals surface area contributed by atoms with Gasteiger partial charge in [0.15, 0.2) is 0 Å². The highest BCUT2D eigenvalue weighted by molar-refractivity contribution is 5.40. The third kappa shape index (κ3) is 2.79. The van der Waals surface area contributed by atoms with E-state index < -0.39 is 5.95 Å². The summed E-state index contributed by atoms with van der Waals surface area (Å²) in [6.45, 7) is 2.77. The first-order valence-electron chi connectivity index (χ1n) is 5.15. The van der Waals surface area contributed by atoms with Gasteiger partial charge in [0.25, 0.3) is 0 Å². The van der Waals surface area contributed by atoms with Gasteiger partial charge in [-0.3, -0.25) is 0 Å². The number of anilines is 1. The highest BCUT2D eigenvalue weighted by Crippen LogP contribution is 2.09. The highest BCUT2D eigenvalue weighted by atomic mass is 19.1. The van der Waals surface area contributed by atoms with Crippen LogP contribution in [-0.4, -0.2) is 4.98 Å². The van der Waals surface area contributed by atoms with E-state index in [0.29, 0.717) is 6.54 Å². The van der Waals surface area contributed by atoms with Gasteiger partial charge in [-0.15, -0.1) is 0 Å². The molecule has 0 bridgehead atoms. The van der Waals surface area contributed by atoms with Crippen LogP contribution in [0.25, 0.3) is 0 Å². The minimum Gasteiger partial charge on any atom is -0.380 e. The zero-order chi connectivity index (χ0) is 11.4. The van der Waals surface area contributed by atoms with Crippen LogP contribution in [0.4, 0.5) is 10.1 Å². The molecule has 0 unspecified atom stereocenters. The molecular formula is C13H13FN2. The monoisotopic (exact) mass is 216 g/mol.